The van der Waals surface area contributed by atoms with Crippen LogP contribution in [0.3, 0.4) is 0 Å². The summed E-state index contributed by atoms with van der Waals surface area (Å²) < 4.78 is 27.2. The van der Waals surface area contributed by atoms with Crippen molar-refractivity contribution in [2.24, 2.45) is 5.41 Å². The summed E-state index contributed by atoms with van der Waals surface area (Å²) in [5, 5.41) is 1.76. The normalized spacial score (nSPS) is 24.2. The Morgan fingerprint density at radius 1 is 1.12 bits per heavy atom. The molecule has 132 valence electrons. The molecule has 0 aliphatic carbocycles. The van der Waals surface area contributed by atoms with Crippen molar-refractivity contribution in [3.05, 3.63) is 46.9 Å². The summed E-state index contributed by atoms with van der Waals surface area (Å²) in [7, 11) is -3.46. The third kappa shape index (κ3) is 2.98. The Hall–Kier alpha value is -1.77. The highest BCUT2D eigenvalue weighted by Gasteiger charge is 2.48. The van der Waals surface area contributed by atoms with Gasteiger partial charge >= 0.3 is 0 Å². The highest BCUT2D eigenvalue weighted by molar-refractivity contribution is 7.89. The molecule has 25 heavy (non-hydrogen) atoms. The lowest BCUT2D eigenvalue weighted by Gasteiger charge is -2.24. The van der Waals surface area contributed by atoms with Crippen LogP contribution in [0, 0.1) is 5.41 Å². The van der Waals surface area contributed by atoms with Crippen molar-refractivity contribution in [3.8, 4) is 0 Å². The van der Waals surface area contributed by atoms with Gasteiger partial charge in [0, 0.05) is 37.0 Å². The van der Waals surface area contributed by atoms with Crippen molar-refractivity contribution in [3.63, 3.8) is 0 Å². The monoisotopic (exact) mass is 377 g/mol. The van der Waals surface area contributed by atoms with Gasteiger partial charge < -0.3 is 4.90 Å². The number of sulfonamides is 1. The van der Waals surface area contributed by atoms with E-state index in [1.54, 1.807) is 39.5 Å². The highest BCUT2D eigenvalue weighted by Crippen LogP contribution is 2.41. The Bertz CT molecular complexity index is 868. The van der Waals surface area contributed by atoms with Gasteiger partial charge in [0.1, 0.15) is 5.69 Å². The summed E-state index contributed by atoms with van der Waals surface area (Å²) in [5.41, 5.74) is 2.00. The largest absolute Gasteiger partial charge is 0.337 e. The summed E-state index contributed by atoms with van der Waals surface area (Å²) in [5.74, 6) is -0.0532. The van der Waals surface area contributed by atoms with Crippen molar-refractivity contribution in [2.75, 3.05) is 26.2 Å². The molecule has 0 saturated carbocycles. The number of carbonyl (C=O) groups excluding carboxylic acids is 1. The predicted molar refractivity (Wildman–Crippen MR) is 94.9 cm³/mol. The van der Waals surface area contributed by atoms with Gasteiger partial charge in [-0.3, -0.25) is 4.79 Å². The van der Waals surface area contributed by atoms with Crippen molar-refractivity contribution in [2.45, 2.75) is 17.7 Å². The molecule has 1 atom stereocenters. The molecule has 8 heteroatoms. The van der Waals surface area contributed by atoms with Crippen LogP contribution in [0.2, 0.25) is 0 Å². The fourth-order valence-corrected chi connectivity index (χ4v) is 5.86. The Morgan fingerprint density at radius 2 is 1.88 bits per heavy atom. The second-order valence-corrected chi connectivity index (χ2v) is 9.41. The number of likely N-dealkylation sites (tertiary alicyclic amines) is 1. The number of hydrogen-bond acceptors (Lipinski definition) is 5. The van der Waals surface area contributed by atoms with E-state index in [-0.39, 0.29) is 11.3 Å². The van der Waals surface area contributed by atoms with Gasteiger partial charge in [-0.25, -0.2) is 13.4 Å². The van der Waals surface area contributed by atoms with Crippen LogP contribution in [0.1, 0.15) is 23.3 Å². The summed E-state index contributed by atoms with van der Waals surface area (Å²) in [6.45, 7) is 2.25. The maximum absolute atomic E-state index is 12.8. The maximum Gasteiger partial charge on any atom is 0.273 e. The first-order chi connectivity index (χ1) is 12.0. The van der Waals surface area contributed by atoms with E-state index in [2.05, 4.69) is 4.98 Å². The molecule has 6 nitrogen and oxygen atoms in total. The summed E-state index contributed by atoms with van der Waals surface area (Å²) in [6.07, 6.45) is 1.63. The first-order valence-electron chi connectivity index (χ1n) is 8.23. The molecular weight excluding hydrogens is 358 g/mol. The first-order valence-corrected chi connectivity index (χ1v) is 10.6. The minimum absolute atomic E-state index is 0.0532. The molecule has 2 aromatic rings. The number of benzene rings is 1. The topological polar surface area (TPSA) is 70.6 Å². The van der Waals surface area contributed by atoms with E-state index >= 15 is 0 Å². The molecule has 0 N–H and O–H groups in total. The second kappa shape index (κ2) is 6.19. The lowest BCUT2D eigenvalue weighted by atomic mass is 9.86. The highest BCUT2D eigenvalue weighted by atomic mass is 32.2. The fraction of sp³-hybridized carbons (Fsp3) is 0.412. The van der Waals surface area contributed by atoms with Crippen LogP contribution in [0.5, 0.6) is 0 Å². The number of nitrogens with zero attached hydrogens (tertiary/aromatic N) is 3. The summed E-state index contributed by atoms with van der Waals surface area (Å²) in [4.78, 5) is 18.7. The molecule has 1 spiro atoms. The molecule has 1 aromatic carbocycles. The maximum atomic E-state index is 12.8. The lowest BCUT2D eigenvalue weighted by Crippen LogP contribution is -2.35. The molecule has 0 bridgehead atoms. The zero-order chi connectivity index (χ0) is 17.5. The van der Waals surface area contributed by atoms with Crippen LogP contribution in [-0.4, -0.2) is 54.7 Å². The van der Waals surface area contributed by atoms with Gasteiger partial charge in [-0.1, -0.05) is 18.2 Å². The Balaban J connectivity index is 1.48. The zero-order valence-corrected chi connectivity index (χ0v) is 15.3. The van der Waals surface area contributed by atoms with Crippen LogP contribution in [0.15, 0.2) is 46.1 Å². The van der Waals surface area contributed by atoms with Crippen LogP contribution in [0.4, 0.5) is 0 Å². The molecule has 2 aliphatic heterocycles. The van der Waals surface area contributed by atoms with Gasteiger partial charge in [0.25, 0.3) is 5.91 Å². The summed E-state index contributed by atoms with van der Waals surface area (Å²) in [6, 6.07) is 8.55. The molecule has 1 amide bonds. The molecule has 4 rings (SSSR count). The first kappa shape index (κ1) is 16.7. The van der Waals surface area contributed by atoms with Gasteiger partial charge in [0.2, 0.25) is 10.0 Å². The van der Waals surface area contributed by atoms with Crippen LogP contribution >= 0.6 is 11.3 Å². The third-order valence-electron chi connectivity index (χ3n) is 5.16. The van der Waals surface area contributed by atoms with E-state index in [9.17, 15) is 13.2 Å². The number of carbonyl (C=O) groups is 1. The molecule has 2 aliphatic rings. The van der Waals surface area contributed by atoms with Crippen LogP contribution in [0.25, 0.3) is 0 Å². The quantitative estimate of drug-likeness (QED) is 0.821. The molecule has 3 heterocycles. The average Bonchev–Trinajstić information content (AvgIpc) is 3.37. The summed E-state index contributed by atoms with van der Waals surface area (Å²) >= 11 is 1.41. The fourth-order valence-electron chi connectivity index (χ4n) is 3.76. The second-order valence-electron chi connectivity index (χ2n) is 6.75. The van der Waals surface area contributed by atoms with E-state index in [0.29, 0.717) is 36.8 Å². The standard InChI is InChI=1S/C17H19N3O3S2/c21-16(15-10-24-13-18-15)19-8-6-17(11-19)7-9-20(12-17)25(22,23)14-4-2-1-3-5-14/h1-5,10,13H,6-9,11-12H2/t17-/m0/s1. The smallest absolute Gasteiger partial charge is 0.273 e. The molecule has 1 aromatic heterocycles. The van der Waals surface area contributed by atoms with E-state index in [0.717, 1.165) is 12.8 Å². The van der Waals surface area contributed by atoms with Gasteiger partial charge in [0.05, 0.1) is 10.4 Å². The molecule has 2 saturated heterocycles. The van der Waals surface area contributed by atoms with Gasteiger partial charge in [-0.15, -0.1) is 11.3 Å². The number of hydrogen-bond donors (Lipinski definition) is 0. The van der Waals surface area contributed by atoms with Crippen LogP contribution in [-0.2, 0) is 10.0 Å². The molecular formula is C17H19N3O3S2. The van der Waals surface area contributed by atoms with Crippen LogP contribution < -0.4 is 0 Å². The number of aromatic nitrogens is 1. The Labute approximate surface area is 151 Å². The molecule has 2 fully saturated rings. The van der Waals surface area contributed by atoms with Crippen molar-refractivity contribution >= 4 is 27.3 Å². The molecule has 0 unspecified atom stereocenters. The predicted octanol–water partition coefficient (Wildman–Crippen LogP) is 2.07. The van der Waals surface area contributed by atoms with Gasteiger partial charge in [-0.2, -0.15) is 4.31 Å². The lowest BCUT2D eigenvalue weighted by molar-refractivity contribution is 0.0770. The zero-order valence-electron chi connectivity index (χ0n) is 13.7. The number of rotatable bonds is 3. The Kier molecular flexibility index (Phi) is 4.13. The number of amides is 1. The van der Waals surface area contributed by atoms with E-state index in [4.69, 9.17) is 0 Å². The Morgan fingerprint density at radius 3 is 2.60 bits per heavy atom. The number of thiazole rings is 1. The van der Waals surface area contributed by atoms with Crippen molar-refractivity contribution in [1.82, 2.24) is 14.2 Å². The average molecular weight is 377 g/mol. The minimum atomic E-state index is -3.46. The van der Waals surface area contributed by atoms with Crippen molar-refractivity contribution in [1.29, 1.82) is 0 Å². The van der Waals surface area contributed by atoms with Crippen molar-refractivity contribution < 1.29 is 13.2 Å². The van der Waals surface area contributed by atoms with E-state index in [1.165, 1.54) is 11.3 Å². The SMILES string of the molecule is O=C(c1cscn1)N1CC[C@]2(CCN(S(=O)(=O)c3ccccc3)C2)C1. The minimum Gasteiger partial charge on any atom is -0.337 e. The van der Waals surface area contributed by atoms with E-state index in [1.807, 2.05) is 11.0 Å². The van der Waals surface area contributed by atoms with Gasteiger partial charge in [0.15, 0.2) is 0 Å². The van der Waals surface area contributed by atoms with Gasteiger partial charge in [-0.05, 0) is 25.0 Å². The van der Waals surface area contributed by atoms with E-state index < -0.39 is 10.0 Å². The third-order valence-corrected chi connectivity index (χ3v) is 7.61. The molecule has 0 radical (unpaired) electrons.